The van der Waals surface area contributed by atoms with Crippen LogP contribution in [0.4, 0.5) is 5.69 Å². The van der Waals surface area contributed by atoms with E-state index in [-0.39, 0.29) is 29.5 Å². The number of fused-ring (bicyclic) bond motifs is 1. The number of nitro groups is 1. The van der Waals surface area contributed by atoms with Crippen molar-refractivity contribution in [3.8, 4) is 17.2 Å². The number of esters is 1. The van der Waals surface area contributed by atoms with E-state index in [4.69, 9.17) is 14.2 Å². The van der Waals surface area contributed by atoms with E-state index in [1.807, 2.05) is 36.7 Å². The third kappa shape index (κ3) is 5.73. The average molecular weight is 603 g/mol. The standard InChI is InChI=1S/C31H30N4O7S/c1-6-41-30(37)27-19(4)32-31-34(28(27)20-9-14-24(42-18(2)3)25(16-20)40-5)29(36)26(43-31)17-23-8-7-15-33(23)21-10-12-22(13-11-21)35(38)39/h7-18,28H,6H2,1-5H3. The Morgan fingerprint density at radius 2 is 1.91 bits per heavy atom. The van der Waals surface area contributed by atoms with Crippen LogP contribution in [-0.4, -0.2) is 39.8 Å². The fourth-order valence-corrected chi connectivity index (χ4v) is 5.96. The molecule has 0 spiro atoms. The number of carbonyl (C=O) groups excluding carboxylic acids is 1. The summed E-state index contributed by atoms with van der Waals surface area (Å²) < 4.78 is 20.6. The molecule has 43 heavy (non-hydrogen) atoms. The van der Waals surface area contributed by atoms with E-state index in [0.29, 0.717) is 43.5 Å². The lowest BCUT2D eigenvalue weighted by Crippen LogP contribution is -2.40. The molecule has 2 aromatic heterocycles. The summed E-state index contributed by atoms with van der Waals surface area (Å²) in [5.74, 6) is 0.447. The van der Waals surface area contributed by atoms with Gasteiger partial charge in [-0.05, 0) is 75.7 Å². The number of nitro benzene ring substituents is 1. The van der Waals surface area contributed by atoms with Crippen LogP contribution in [0.15, 0.2) is 81.9 Å². The Morgan fingerprint density at radius 3 is 2.56 bits per heavy atom. The Balaban J connectivity index is 1.66. The monoisotopic (exact) mass is 602 g/mol. The van der Waals surface area contributed by atoms with Crippen molar-refractivity contribution < 1.29 is 23.9 Å². The van der Waals surface area contributed by atoms with Crippen LogP contribution in [-0.2, 0) is 9.53 Å². The van der Waals surface area contributed by atoms with Crippen LogP contribution in [0.25, 0.3) is 11.8 Å². The van der Waals surface area contributed by atoms with Crippen molar-refractivity contribution in [3.05, 3.63) is 113 Å². The lowest BCUT2D eigenvalue weighted by atomic mass is 9.95. The van der Waals surface area contributed by atoms with E-state index in [0.717, 1.165) is 0 Å². The smallest absolute Gasteiger partial charge is 0.338 e. The van der Waals surface area contributed by atoms with E-state index in [1.54, 1.807) is 50.3 Å². The molecule has 1 aliphatic rings. The topological polar surface area (TPSA) is 127 Å². The van der Waals surface area contributed by atoms with Gasteiger partial charge in [-0.3, -0.25) is 19.5 Å². The lowest BCUT2D eigenvalue weighted by molar-refractivity contribution is -0.384. The molecule has 0 N–H and O–H groups in total. The molecule has 0 fully saturated rings. The summed E-state index contributed by atoms with van der Waals surface area (Å²) in [4.78, 5) is 43.0. The summed E-state index contributed by atoms with van der Waals surface area (Å²) in [6, 6.07) is 14.3. The predicted octanol–water partition coefficient (Wildman–Crippen LogP) is 4.29. The highest BCUT2D eigenvalue weighted by Crippen LogP contribution is 2.36. The number of methoxy groups -OCH3 is 1. The number of benzene rings is 2. The van der Waals surface area contributed by atoms with Crippen LogP contribution in [0.3, 0.4) is 0 Å². The Morgan fingerprint density at radius 1 is 1.16 bits per heavy atom. The SMILES string of the molecule is CCOC(=O)C1=C(C)N=c2sc(=Cc3cccn3-c3ccc([N+](=O)[O-])cc3)c(=O)n2C1c1ccc(OC(C)C)c(OC)c1. The molecule has 0 bridgehead atoms. The maximum Gasteiger partial charge on any atom is 0.338 e. The van der Waals surface area contributed by atoms with E-state index in [9.17, 15) is 19.7 Å². The van der Waals surface area contributed by atoms with Crippen LogP contribution in [0.5, 0.6) is 11.5 Å². The zero-order chi connectivity index (χ0) is 30.8. The van der Waals surface area contributed by atoms with E-state index >= 15 is 0 Å². The Hall–Kier alpha value is -4.97. The fourth-order valence-electron chi connectivity index (χ4n) is 4.93. The number of aromatic nitrogens is 2. The minimum atomic E-state index is -0.819. The molecule has 222 valence electrons. The van der Waals surface area contributed by atoms with Gasteiger partial charge >= 0.3 is 5.97 Å². The van der Waals surface area contributed by atoms with Crippen molar-refractivity contribution >= 4 is 29.1 Å². The second-order valence-electron chi connectivity index (χ2n) is 9.96. The first-order valence-electron chi connectivity index (χ1n) is 13.6. The molecule has 12 heteroatoms. The number of hydrogen-bond acceptors (Lipinski definition) is 9. The molecule has 3 heterocycles. The van der Waals surface area contributed by atoms with Gasteiger partial charge in [0.15, 0.2) is 16.3 Å². The third-order valence-corrected chi connectivity index (χ3v) is 7.76. The number of non-ortho nitro benzene ring substituents is 1. The second kappa shape index (κ2) is 12.1. The van der Waals surface area contributed by atoms with Crippen LogP contribution in [0.1, 0.15) is 45.0 Å². The summed E-state index contributed by atoms with van der Waals surface area (Å²) in [6.45, 7) is 7.43. The van der Waals surface area contributed by atoms with Gasteiger partial charge in [0.2, 0.25) is 0 Å². The van der Waals surface area contributed by atoms with Crippen molar-refractivity contribution in [2.75, 3.05) is 13.7 Å². The van der Waals surface area contributed by atoms with Crippen molar-refractivity contribution in [3.63, 3.8) is 0 Å². The van der Waals surface area contributed by atoms with Gasteiger partial charge < -0.3 is 18.8 Å². The Bertz CT molecular complexity index is 1920. The van der Waals surface area contributed by atoms with E-state index in [1.165, 1.54) is 35.1 Å². The normalized spacial score (nSPS) is 14.8. The number of hydrogen-bond donors (Lipinski definition) is 0. The summed E-state index contributed by atoms with van der Waals surface area (Å²) in [5, 5.41) is 11.1. The molecule has 0 radical (unpaired) electrons. The van der Waals surface area contributed by atoms with Crippen LogP contribution in [0.2, 0.25) is 0 Å². The third-order valence-electron chi connectivity index (χ3n) is 6.78. The number of rotatable bonds is 9. The van der Waals surface area contributed by atoms with Crippen molar-refractivity contribution in [1.29, 1.82) is 0 Å². The molecule has 1 atom stereocenters. The minimum Gasteiger partial charge on any atom is -0.493 e. The van der Waals surface area contributed by atoms with Crippen molar-refractivity contribution in [2.45, 2.75) is 39.8 Å². The first-order valence-corrected chi connectivity index (χ1v) is 14.4. The molecule has 0 saturated carbocycles. The molecular formula is C31H30N4O7S. The largest absolute Gasteiger partial charge is 0.493 e. The first kappa shape index (κ1) is 29.5. The molecule has 1 aliphatic heterocycles. The van der Waals surface area contributed by atoms with E-state index < -0.39 is 16.9 Å². The second-order valence-corrected chi connectivity index (χ2v) is 11.0. The summed E-state index contributed by atoms with van der Waals surface area (Å²) in [7, 11) is 1.53. The Kier molecular flexibility index (Phi) is 8.31. The molecule has 0 saturated heterocycles. The Labute approximate surface area is 250 Å². The van der Waals surface area contributed by atoms with Gasteiger partial charge in [-0.2, -0.15) is 0 Å². The number of nitrogens with zero attached hydrogens (tertiary/aromatic N) is 4. The fraction of sp³-hybridized carbons (Fsp3) is 0.258. The summed E-state index contributed by atoms with van der Waals surface area (Å²) in [6.07, 6.45) is 3.47. The number of allylic oxidation sites excluding steroid dienone is 1. The van der Waals surface area contributed by atoms with E-state index in [2.05, 4.69) is 4.99 Å². The van der Waals surface area contributed by atoms with Gasteiger partial charge in [0.1, 0.15) is 0 Å². The molecule has 5 rings (SSSR count). The lowest BCUT2D eigenvalue weighted by Gasteiger charge is -2.25. The quantitative estimate of drug-likeness (QED) is 0.159. The summed E-state index contributed by atoms with van der Waals surface area (Å²) >= 11 is 1.20. The summed E-state index contributed by atoms with van der Waals surface area (Å²) in [5.41, 5.74) is 2.38. The predicted molar refractivity (Wildman–Crippen MR) is 162 cm³/mol. The van der Waals surface area contributed by atoms with Crippen LogP contribution in [0, 0.1) is 10.1 Å². The highest BCUT2D eigenvalue weighted by Gasteiger charge is 2.34. The maximum atomic E-state index is 14.1. The zero-order valence-corrected chi connectivity index (χ0v) is 25.1. The molecule has 11 nitrogen and oxygen atoms in total. The maximum absolute atomic E-state index is 14.1. The van der Waals surface area contributed by atoms with Gasteiger partial charge in [-0.1, -0.05) is 17.4 Å². The van der Waals surface area contributed by atoms with Crippen LogP contribution >= 0.6 is 11.3 Å². The molecule has 0 aliphatic carbocycles. The van der Waals surface area contributed by atoms with Gasteiger partial charge in [0, 0.05) is 29.7 Å². The first-order chi connectivity index (χ1) is 20.6. The number of thiazole rings is 1. The molecule has 1 unspecified atom stereocenters. The van der Waals surface area contributed by atoms with Gasteiger partial charge in [-0.15, -0.1) is 0 Å². The van der Waals surface area contributed by atoms with Crippen molar-refractivity contribution in [1.82, 2.24) is 9.13 Å². The van der Waals surface area contributed by atoms with Crippen LogP contribution < -0.4 is 24.4 Å². The van der Waals surface area contributed by atoms with Gasteiger partial charge in [-0.25, -0.2) is 9.79 Å². The zero-order valence-electron chi connectivity index (χ0n) is 24.3. The highest BCUT2D eigenvalue weighted by molar-refractivity contribution is 7.07. The van der Waals surface area contributed by atoms with Gasteiger partial charge in [0.05, 0.1) is 46.6 Å². The number of ether oxygens (including phenoxy) is 3. The molecule has 4 aromatic rings. The minimum absolute atomic E-state index is 0.0148. The molecular weight excluding hydrogens is 572 g/mol. The number of carbonyl (C=O) groups is 1. The molecule has 0 amide bonds. The van der Waals surface area contributed by atoms with Crippen molar-refractivity contribution in [2.24, 2.45) is 4.99 Å². The highest BCUT2D eigenvalue weighted by atomic mass is 32.1. The van der Waals surface area contributed by atoms with Gasteiger partial charge in [0.25, 0.3) is 11.2 Å². The molecule has 2 aromatic carbocycles. The average Bonchev–Trinajstić information content (AvgIpc) is 3.56.